The van der Waals surface area contributed by atoms with Gasteiger partial charge in [-0.1, -0.05) is 6.07 Å². The maximum Gasteiger partial charge on any atom is 0.161 e. The van der Waals surface area contributed by atoms with E-state index in [1.165, 1.54) is 6.07 Å². The van der Waals surface area contributed by atoms with Crippen molar-refractivity contribution in [1.82, 2.24) is 5.32 Å². The van der Waals surface area contributed by atoms with Crippen LogP contribution in [-0.2, 0) is 11.2 Å². The highest BCUT2D eigenvalue weighted by Gasteiger charge is 2.33. The second-order valence-electron chi connectivity index (χ2n) is 4.99. The van der Waals surface area contributed by atoms with E-state index in [1.807, 2.05) is 0 Å². The Morgan fingerprint density at radius 1 is 1.22 bits per heavy atom. The highest BCUT2D eigenvalue weighted by atomic mass is 16.5. The van der Waals surface area contributed by atoms with Crippen LogP contribution in [0.15, 0.2) is 12.1 Å². The fourth-order valence-electron chi connectivity index (χ4n) is 2.66. The van der Waals surface area contributed by atoms with Crippen molar-refractivity contribution in [2.45, 2.75) is 31.0 Å². The van der Waals surface area contributed by atoms with Gasteiger partial charge >= 0.3 is 0 Å². The van der Waals surface area contributed by atoms with E-state index in [4.69, 9.17) is 4.74 Å². The lowest BCUT2D eigenvalue weighted by Gasteiger charge is -2.37. The zero-order valence-electron chi connectivity index (χ0n) is 9.97. The van der Waals surface area contributed by atoms with Gasteiger partial charge in [-0.15, -0.1) is 0 Å². The summed E-state index contributed by atoms with van der Waals surface area (Å²) in [6.07, 6.45) is 0.736. The van der Waals surface area contributed by atoms with E-state index in [2.05, 4.69) is 5.32 Å². The minimum Gasteiger partial charge on any atom is -0.504 e. The fourth-order valence-corrected chi connectivity index (χ4v) is 2.66. The van der Waals surface area contributed by atoms with Crippen LogP contribution in [0.3, 0.4) is 0 Å². The standard InChI is InChI=1S/C13H17NO4/c15-11-4-2-8-9(13(11)17)1-3-10(12(8)16)14-7-5-18-6-7/h2,4,7,10,12,14-17H,1,3,5-6H2/t10-,12-/m1/s1. The molecule has 5 nitrogen and oxygen atoms in total. The minimum atomic E-state index is -0.652. The van der Waals surface area contributed by atoms with Gasteiger partial charge in [0, 0.05) is 11.6 Å². The maximum atomic E-state index is 10.3. The SMILES string of the molecule is Oc1ccc2c(c1O)CC[C@@H](NC1COC1)[C@@H]2O. The van der Waals surface area contributed by atoms with Gasteiger partial charge in [0.2, 0.25) is 0 Å². The molecule has 1 aliphatic heterocycles. The summed E-state index contributed by atoms with van der Waals surface area (Å²) in [6.45, 7) is 1.38. The third kappa shape index (κ3) is 1.84. The number of aromatic hydroxyl groups is 2. The van der Waals surface area contributed by atoms with Crippen LogP contribution in [0.2, 0.25) is 0 Å². The first-order valence-corrected chi connectivity index (χ1v) is 6.22. The molecule has 3 rings (SSSR count). The molecule has 0 amide bonds. The Morgan fingerprint density at radius 3 is 2.67 bits per heavy atom. The molecule has 1 fully saturated rings. The topological polar surface area (TPSA) is 82.0 Å². The van der Waals surface area contributed by atoms with Gasteiger partial charge in [0.1, 0.15) is 0 Å². The van der Waals surface area contributed by atoms with E-state index < -0.39 is 6.10 Å². The molecule has 1 aliphatic carbocycles. The van der Waals surface area contributed by atoms with Crippen molar-refractivity contribution in [3.8, 4) is 11.5 Å². The van der Waals surface area contributed by atoms with Crippen molar-refractivity contribution in [3.05, 3.63) is 23.3 Å². The Hall–Kier alpha value is -1.30. The summed E-state index contributed by atoms with van der Waals surface area (Å²) in [5.41, 5.74) is 1.36. The largest absolute Gasteiger partial charge is 0.504 e. The fraction of sp³-hybridized carbons (Fsp3) is 0.538. The first-order valence-electron chi connectivity index (χ1n) is 6.22. The molecule has 0 radical (unpaired) electrons. The maximum absolute atomic E-state index is 10.3. The number of rotatable bonds is 2. The molecule has 2 aliphatic rings. The Bertz CT molecular complexity index is 459. The van der Waals surface area contributed by atoms with Gasteiger partial charge in [0.05, 0.1) is 25.4 Å². The van der Waals surface area contributed by atoms with Gasteiger partial charge in [-0.05, 0) is 24.5 Å². The first-order chi connectivity index (χ1) is 8.66. The van der Waals surface area contributed by atoms with E-state index >= 15 is 0 Å². The number of ether oxygens (including phenoxy) is 1. The van der Waals surface area contributed by atoms with E-state index in [0.717, 1.165) is 6.42 Å². The summed E-state index contributed by atoms with van der Waals surface area (Å²) in [7, 11) is 0. The molecule has 0 spiro atoms. The van der Waals surface area contributed by atoms with E-state index in [-0.39, 0.29) is 17.5 Å². The lowest BCUT2D eigenvalue weighted by molar-refractivity contribution is -0.0219. The lowest BCUT2D eigenvalue weighted by atomic mass is 9.84. The number of aliphatic hydroxyl groups is 1. The highest BCUT2D eigenvalue weighted by molar-refractivity contribution is 5.51. The highest BCUT2D eigenvalue weighted by Crippen LogP contribution is 2.39. The van der Waals surface area contributed by atoms with Crippen LogP contribution in [0.1, 0.15) is 23.7 Å². The Kier molecular flexibility index (Phi) is 2.89. The smallest absolute Gasteiger partial charge is 0.161 e. The van der Waals surface area contributed by atoms with Crippen molar-refractivity contribution in [1.29, 1.82) is 0 Å². The lowest BCUT2D eigenvalue weighted by Crippen LogP contribution is -2.53. The van der Waals surface area contributed by atoms with Gasteiger partial charge in [-0.3, -0.25) is 0 Å². The molecule has 0 unspecified atom stereocenters. The van der Waals surface area contributed by atoms with E-state index in [1.54, 1.807) is 6.07 Å². The second-order valence-corrected chi connectivity index (χ2v) is 4.99. The van der Waals surface area contributed by atoms with Gasteiger partial charge in [-0.2, -0.15) is 0 Å². The Balaban J connectivity index is 1.82. The number of benzene rings is 1. The molecular weight excluding hydrogens is 234 g/mol. The van der Waals surface area contributed by atoms with Crippen LogP contribution < -0.4 is 5.32 Å². The molecule has 1 aromatic carbocycles. The number of phenols is 2. The quantitative estimate of drug-likeness (QED) is 0.573. The molecule has 0 bridgehead atoms. The first kappa shape index (κ1) is 11.8. The molecule has 0 aromatic heterocycles. The van der Waals surface area contributed by atoms with Crippen molar-refractivity contribution >= 4 is 0 Å². The Labute approximate surface area is 105 Å². The molecule has 1 heterocycles. The average molecular weight is 251 g/mol. The van der Waals surface area contributed by atoms with Crippen LogP contribution >= 0.6 is 0 Å². The molecule has 5 heteroatoms. The third-order valence-electron chi connectivity index (χ3n) is 3.79. The average Bonchev–Trinajstić information content (AvgIpc) is 2.31. The number of phenolic OH excluding ortho intramolecular Hbond substituents is 2. The third-order valence-corrected chi connectivity index (χ3v) is 3.79. The van der Waals surface area contributed by atoms with Crippen LogP contribution in [-0.4, -0.2) is 40.6 Å². The van der Waals surface area contributed by atoms with Crippen LogP contribution in [0.25, 0.3) is 0 Å². The minimum absolute atomic E-state index is 0.0182. The predicted molar refractivity (Wildman–Crippen MR) is 64.6 cm³/mol. The van der Waals surface area contributed by atoms with Gasteiger partial charge in [0.15, 0.2) is 11.5 Å². The summed E-state index contributed by atoms with van der Waals surface area (Å²) in [4.78, 5) is 0. The summed E-state index contributed by atoms with van der Waals surface area (Å²) in [5.74, 6) is -0.225. The number of hydrogen-bond donors (Lipinski definition) is 4. The molecule has 4 N–H and O–H groups in total. The molecular formula is C13H17NO4. The number of nitrogens with one attached hydrogen (secondary N) is 1. The molecule has 0 saturated carbocycles. The molecule has 98 valence electrons. The van der Waals surface area contributed by atoms with Crippen molar-refractivity contribution in [2.75, 3.05) is 13.2 Å². The van der Waals surface area contributed by atoms with E-state index in [9.17, 15) is 15.3 Å². The van der Waals surface area contributed by atoms with Gasteiger partial charge < -0.3 is 25.4 Å². The van der Waals surface area contributed by atoms with Crippen molar-refractivity contribution in [3.63, 3.8) is 0 Å². The van der Waals surface area contributed by atoms with Crippen LogP contribution in [0.5, 0.6) is 11.5 Å². The summed E-state index contributed by atoms with van der Waals surface area (Å²) in [6, 6.07) is 3.40. The van der Waals surface area contributed by atoms with E-state index in [0.29, 0.717) is 36.8 Å². The molecule has 2 atom stereocenters. The normalized spacial score (nSPS) is 27.6. The summed E-state index contributed by atoms with van der Waals surface area (Å²) in [5, 5.41) is 32.9. The van der Waals surface area contributed by atoms with Crippen molar-refractivity contribution < 1.29 is 20.1 Å². The Morgan fingerprint density at radius 2 is 2.00 bits per heavy atom. The molecule has 18 heavy (non-hydrogen) atoms. The zero-order valence-corrected chi connectivity index (χ0v) is 9.97. The predicted octanol–water partition coefficient (Wildman–Crippen LogP) is 0.434. The van der Waals surface area contributed by atoms with Crippen molar-refractivity contribution in [2.24, 2.45) is 0 Å². The van der Waals surface area contributed by atoms with Crippen LogP contribution in [0, 0.1) is 0 Å². The zero-order chi connectivity index (χ0) is 12.7. The molecule has 1 saturated heterocycles. The summed E-state index contributed by atoms with van der Waals surface area (Å²) >= 11 is 0. The monoisotopic (exact) mass is 251 g/mol. The van der Waals surface area contributed by atoms with Gasteiger partial charge in [0.25, 0.3) is 0 Å². The summed E-state index contributed by atoms with van der Waals surface area (Å²) < 4.78 is 5.10. The number of hydrogen-bond acceptors (Lipinski definition) is 5. The number of fused-ring (bicyclic) bond motifs is 1. The van der Waals surface area contributed by atoms with Crippen LogP contribution in [0.4, 0.5) is 0 Å². The molecule has 1 aromatic rings. The number of aliphatic hydroxyl groups excluding tert-OH is 1. The van der Waals surface area contributed by atoms with Gasteiger partial charge in [-0.25, -0.2) is 0 Å². The second kappa shape index (κ2) is 4.42.